The maximum Gasteiger partial charge on any atom is 0.416 e. The molecule has 6 nitrogen and oxygen atoms in total. The van der Waals surface area contributed by atoms with Crippen LogP contribution in [0.25, 0.3) is 5.78 Å². The molecule has 3 heterocycles. The van der Waals surface area contributed by atoms with Crippen molar-refractivity contribution in [1.29, 1.82) is 0 Å². The fourth-order valence-electron chi connectivity index (χ4n) is 3.40. The summed E-state index contributed by atoms with van der Waals surface area (Å²) in [4.78, 5) is 10.6. The quantitative estimate of drug-likeness (QED) is 0.760. The largest absolute Gasteiger partial charge is 0.416 e. The number of hydrogen-bond donors (Lipinski definition) is 1. The lowest BCUT2D eigenvalue weighted by molar-refractivity contribution is -0.137. The Kier molecular flexibility index (Phi) is 4.35. The van der Waals surface area contributed by atoms with Crippen LogP contribution in [0.1, 0.15) is 29.8 Å². The van der Waals surface area contributed by atoms with Crippen LogP contribution < -0.4 is 0 Å². The third-order valence-corrected chi connectivity index (χ3v) is 4.94. The lowest BCUT2D eigenvalue weighted by atomic mass is 9.83. The Labute approximate surface area is 153 Å². The van der Waals surface area contributed by atoms with E-state index < -0.39 is 17.3 Å². The van der Waals surface area contributed by atoms with Crippen LogP contribution in [0.2, 0.25) is 0 Å². The summed E-state index contributed by atoms with van der Waals surface area (Å²) in [6.07, 6.45) is -0.318. The minimum atomic E-state index is -4.42. The molecule has 9 heteroatoms. The second-order valence-electron chi connectivity index (χ2n) is 6.78. The van der Waals surface area contributed by atoms with Crippen LogP contribution in [0.5, 0.6) is 0 Å². The maximum absolute atomic E-state index is 12.9. The first kappa shape index (κ1) is 17.9. The van der Waals surface area contributed by atoms with Crippen LogP contribution in [-0.2, 0) is 18.3 Å². The number of likely N-dealkylation sites (tertiary alicyclic amines) is 1. The number of rotatable bonds is 3. The van der Waals surface area contributed by atoms with Gasteiger partial charge in [0, 0.05) is 25.5 Å². The van der Waals surface area contributed by atoms with E-state index >= 15 is 0 Å². The lowest BCUT2D eigenvalue weighted by Crippen LogP contribution is -2.42. The van der Waals surface area contributed by atoms with E-state index in [0.717, 1.165) is 12.1 Å². The minimum Gasteiger partial charge on any atom is -0.385 e. The highest BCUT2D eigenvalue weighted by Gasteiger charge is 2.37. The van der Waals surface area contributed by atoms with Gasteiger partial charge in [0.2, 0.25) is 0 Å². The van der Waals surface area contributed by atoms with Crippen molar-refractivity contribution in [3.8, 4) is 0 Å². The Bertz CT molecular complexity index is 914. The third-order valence-electron chi connectivity index (χ3n) is 4.94. The van der Waals surface area contributed by atoms with E-state index in [4.69, 9.17) is 0 Å². The Morgan fingerprint density at radius 3 is 2.63 bits per heavy atom. The number of fused-ring (bicyclic) bond motifs is 1. The zero-order valence-electron chi connectivity index (χ0n) is 14.4. The van der Waals surface area contributed by atoms with Gasteiger partial charge >= 0.3 is 6.18 Å². The molecule has 0 bridgehead atoms. The van der Waals surface area contributed by atoms with Crippen LogP contribution in [0, 0.1) is 0 Å². The molecular weight excluding hydrogens is 359 g/mol. The summed E-state index contributed by atoms with van der Waals surface area (Å²) in [5.74, 6) is 1.14. The summed E-state index contributed by atoms with van der Waals surface area (Å²) < 4.78 is 40.4. The van der Waals surface area contributed by atoms with E-state index in [2.05, 4.69) is 20.0 Å². The van der Waals surface area contributed by atoms with Gasteiger partial charge in [-0.1, -0.05) is 12.1 Å². The first-order valence-corrected chi connectivity index (χ1v) is 8.62. The smallest absolute Gasteiger partial charge is 0.385 e. The lowest BCUT2D eigenvalue weighted by Gasteiger charge is -2.38. The fourth-order valence-corrected chi connectivity index (χ4v) is 3.40. The Morgan fingerprint density at radius 2 is 1.93 bits per heavy atom. The molecule has 0 radical (unpaired) electrons. The molecule has 4 rings (SSSR count). The first-order chi connectivity index (χ1) is 12.8. The SMILES string of the molecule is OC1(c2cccc(C(F)(F)F)c2)CCN(Cc2nc3ncccn3n2)CC1. The summed E-state index contributed by atoms with van der Waals surface area (Å²) in [7, 11) is 0. The van der Waals surface area contributed by atoms with Gasteiger partial charge in [-0.15, -0.1) is 5.10 Å². The van der Waals surface area contributed by atoms with E-state index in [0.29, 0.717) is 49.6 Å². The number of piperidine rings is 1. The van der Waals surface area contributed by atoms with Crippen molar-refractivity contribution in [2.24, 2.45) is 0 Å². The monoisotopic (exact) mass is 377 g/mol. The topological polar surface area (TPSA) is 66.5 Å². The molecular formula is C18H18F3N5O. The zero-order valence-corrected chi connectivity index (χ0v) is 14.4. The number of aromatic nitrogens is 4. The molecule has 142 valence electrons. The molecule has 3 aromatic rings. The number of nitrogens with zero attached hydrogens (tertiary/aromatic N) is 5. The van der Waals surface area contributed by atoms with Crippen LogP contribution in [0.3, 0.4) is 0 Å². The molecule has 1 N–H and O–H groups in total. The van der Waals surface area contributed by atoms with Crippen LogP contribution in [0.15, 0.2) is 42.7 Å². The van der Waals surface area contributed by atoms with Gasteiger partial charge in [0.15, 0.2) is 5.82 Å². The summed E-state index contributed by atoms with van der Waals surface area (Å²) >= 11 is 0. The average Bonchev–Trinajstić information content (AvgIpc) is 3.05. The third kappa shape index (κ3) is 3.65. The van der Waals surface area contributed by atoms with Crippen molar-refractivity contribution in [3.63, 3.8) is 0 Å². The standard InChI is InChI=1S/C18H18F3N5O/c19-18(20,21)14-4-1-3-13(11-14)17(27)5-9-25(10-6-17)12-15-23-16-22-7-2-8-26(16)24-15/h1-4,7-8,11,27H,5-6,9-10,12H2. The molecule has 1 fully saturated rings. The Morgan fingerprint density at radius 1 is 1.15 bits per heavy atom. The summed E-state index contributed by atoms with van der Waals surface area (Å²) in [6.45, 7) is 1.58. The normalized spacial score (nSPS) is 18.1. The molecule has 0 spiro atoms. The average molecular weight is 377 g/mol. The molecule has 1 aliphatic heterocycles. The summed E-state index contributed by atoms with van der Waals surface area (Å²) in [6, 6.07) is 6.73. The fraction of sp³-hybridized carbons (Fsp3) is 0.389. The summed E-state index contributed by atoms with van der Waals surface area (Å²) in [5, 5.41) is 15.2. The van der Waals surface area contributed by atoms with Gasteiger partial charge < -0.3 is 5.11 Å². The second-order valence-corrected chi connectivity index (χ2v) is 6.78. The highest BCUT2D eigenvalue weighted by Crippen LogP contribution is 2.36. The van der Waals surface area contributed by atoms with Crippen molar-refractivity contribution >= 4 is 5.78 Å². The van der Waals surface area contributed by atoms with E-state index in [1.807, 2.05) is 0 Å². The van der Waals surface area contributed by atoms with Crippen molar-refractivity contribution in [2.75, 3.05) is 13.1 Å². The van der Waals surface area contributed by atoms with Gasteiger partial charge in [-0.25, -0.2) is 9.50 Å². The van der Waals surface area contributed by atoms with Gasteiger partial charge in [-0.3, -0.25) is 4.90 Å². The molecule has 0 aliphatic carbocycles. The number of aliphatic hydroxyl groups is 1. The van der Waals surface area contributed by atoms with Crippen LogP contribution in [0.4, 0.5) is 13.2 Å². The van der Waals surface area contributed by atoms with Crippen molar-refractivity contribution < 1.29 is 18.3 Å². The summed E-state index contributed by atoms with van der Waals surface area (Å²) in [5.41, 5.74) is -1.68. The van der Waals surface area contributed by atoms with E-state index in [1.54, 1.807) is 29.0 Å². The number of alkyl halides is 3. The Balaban J connectivity index is 1.45. The highest BCUT2D eigenvalue weighted by atomic mass is 19.4. The second kappa shape index (κ2) is 6.58. The van der Waals surface area contributed by atoms with Gasteiger partial charge in [-0.2, -0.15) is 18.2 Å². The molecule has 27 heavy (non-hydrogen) atoms. The molecule has 0 amide bonds. The van der Waals surface area contributed by atoms with E-state index in [-0.39, 0.29) is 0 Å². The predicted molar refractivity (Wildman–Crippen MR) is 90.6 cm³/mol. The number of hydrogen-bond acceptors (Lipinski definition) is 5. The molecule has 1 saturated heterocycles. The minimum absolute atomic E-state index is 0.312. The van der Waals surface area contributed by atoms with Crippen molar-refractivity contribution in [1.82, 2.24) is 24.5 Å². The molecule has 1 aliphatic rings. The van der Waals surface area contributed by atoms with E-state index in [1.165, 1.54) is 6.07 Å². The van der Waals surface area contributed by atoms with Gasteiger partial charge in [0.05, 0.1) is 17.7 Å². The first-order valence-electron chi connectivity index (χ1n) is 8.62. The zero-order chi connectivity index (χ0) is 19.1. The van der Waals surface area contributed by atoms with Crippen LogP contribution in [-0.4, -0.2) is 42.7 Å². The highest BCUT2D eigenvalue weighted by molar-refractivity contribution is 5.30. The Hall–Kier alpha value is -2.52. The molecule has 2 aromatic heterocycles. The predicted octanol–water partition coefficient (Wildman–Crippen LogP) is 2.63. The van der Waals surface area contributed by atoms with Crippen molar-refractivity contribution in [2.45, 2.75) is 31.2 Å². The maximum atomic E-state index is 12.9. The van der Waals surface area contributed by atoms with Crippen LogP contribution >= 0.6 is 0 Å². The number of benzene rings is 1. The van der Waals surface area contributed by atoms with Gasteiger partial charge in [0.1, 0.15) is 0 Å². The molecule has 0 saturated carbocycles. The number of halogens is 3. The molecule has 1 aromatic carbocycles. The van der Waals surface area contributed by atoms with Crippen molar-refractivity contribution in [3.05, 3.63) is 59.7 Å². The molecule has 0 atom stereocenters. The van der Waals surface area contributed by atoms with Gasteiger partial charge in [-0.05, 0) is 36.6 Å². The van der Waals surface area contributed by atoms with Gasteiger partial charge in [0.25, 0.3) is 5.78 Å². The molecule has 0 unspecified atom stereocenters. The van der Waals surface area contributed by atoms with E-state index in [9.17, 15) is 18.3 Å².